The highest BCUT2D eigenvalue weighted by atomic mass is 16.6. The second-order valence-electron chi connectivity index (χ2n) is 3.97. The molecule has 104 valence electrons. The average molecular weight is 268 g/mol. The van der Waals surface area contributed by atoms with Crippen molar-refractivity contribution in [1.29, 1.82) is 0 Å². The summed E-state index contributed by atoms with van der Waals surface area (Å²) in [6.45, 7) is 0.901. The van der Waals surface area contributed by atoms with Crippen LogP contribution < -0.4 is 14.2 Å². The minimum Gasteiger partial charge on any atom is -0.493 e. The first-order valence-corrected chi connectivity index (χ1v) is 5.78. The van der Waals surface area contributed by atoms with Crippen LogP contribution in [0.4, 0.5) is 0 Å². The number of carbonyl (C=O) groups is 1. The largest absolute Gasteiger partial charge is 0.493 e. The third-order valence-electron chi connectivity index (χ3n) is 2.70. The molecule has 1 aromatic rings. The molecule has 6 nitrogen and oxygen atoms in total. The molecular weight excluding hydrogens is 252 g/mol. The molecule has 0 bridgehead atoms. The van der Waals surface area contributed by atoms with Crippen LogP contribution in [-0.4, -0.2) is 46.6 Å². The number of carbonyl (C=O) groups excluding carboxylic acids is 1. The summed E-state index contributed by atoms with van der Waals surface area (Å²) in [5.74, 6) is 0.815. The number of rotatable bonds is 6. The standard InChI is InChI=1S/C13H16O6/c1-15-10-4-8(5-11(16-2)12(10)17-3)13(14)19-7-9-6-18-9/h4-5,9H,6-7H2,1-3H3/t9-/m1/s1. The highest BCUT2D eigenvalue weighted by Gasteiger charge is 2.25. The van der Waals surface area contributed by atoms with Crippen LogP contribution in [0.3, 0.4) is 0 Å². The number of ether oxygens (including phenoxy) is 5. The van der Waals surface area contributed by atoms with Gasteiger partial charge in [-0.15, -0.1) is 0 Å². The fourth-order valence-electron chi connectivity index (χ4n) is 1.62. The molecule has 6 heteroatoms. The van der Waals surface area contributed by atoms with Gasteiger partial charge in [0.25, 0.3) is 0 Å². The van der Waals surface area contributed by atoms with Crippen molar-refractivity contribution in [2.75, 3.05) is 34.5 Å². The number of hydrogen-bond donors (Lipinski definition) is 0. The molecule has 0 aromatic heterocycles. The zero-order valence-corrected chi connectivity index (χ0v) is 11.1. The van der Waals surface area contributed by atoms with Crippen molar-refractivity contribution in [2.24, 2.45) is 0 Å². The highest BCUT2D eigenvalue weighted by Crippen LogP contribution is 2.38. The van der Waals surface area contributed by atoms with Crippen molar-refractivity contribution in [3.63, 3.8) is 0 Å². The molecule has 1 heterocycles. The van der Waals surface area contributed by atoms with E-state index >= 15 is 0 Å². The van der Waals surface area contributed by atoms with Gasteiger partial charge in [0.15, 0.2) is 11.5 Å². The van der Waals surface area contributed by atoms with Crippen LogP contribution in [0.1, 0.15) is 10.4 Å². The summed E-state index contributed by atoms with van der Waals surface area (Å²) < 4.78 is 25.6. The van der Waals surface area contributed by atoms with Crippen LogP contribution in [0.5, 0.6) is 17.2 Å². The SMILES string of the molecule is COc1cc(C(=O)OC[C@H]2CO2)cc(OC)c1OC. The third kappa shape index (κ3) is 3.08. The minimum atomic E-state index is -0.449. The Hall–Kier alpha value is -1.95. The van der Waals surface area contributed by atoms with Crippen LogP contribution in [0, 0.1) is 0 Å². The molecule has 0 aliphatic carbocycles. The van der Waals surface area contributed by atoms with E-state index in [9.17, 15) is 4.79 Å². The summed E-state index contributed by atoms with van der Waals surface area (Å²) in [4.78, 5) is 11.9. The summed E-state index contributed by atoms with van der Waals surface area (Å²) in [5.41, 5.74) is 0.343. The Labute approximate surface area is 111 Å². The van der Waals surface area contributed by atoms with Crippen molar-refractivity contribution >= 4 is 5.97 Å². The molecule has 1 fully saturated rings. The van der Waals surface area contributed by atoms with E-state index in [4.69, 9.17) is 23.7 Å². The monoisotopic (exact) mass is 268 g/mol. The molecule has 0 saturated carbocycles. The van der Waals surface area contributed by atoms with Gasteiger partial charge in [0.1, 0.15) is 12.7 Å². The molecule has 1 aliphatic rings. The summed E-state index contributed by atoms with van der Waals surface area (Å²) in [6.07, 6.45) is 0.0333. The van der Waals surface area contributed by atoms with E-state index in [1.807, 2.05) is 0 Å². The first-order chi connectivity index (χ1) is 9.19. The van der Waals surface area contributed by atoms with Gasteiger partial charge in [0.05, 0.1) is 33.5 Å². The highest BCUT2D eigenvalue weighted by molar-refractivity contribution is 5.91. The Kier molecular flexibility index (Phi) is 4.11. The van der Waals surface area contributed by atoms with E-state index in [-0.39, 0.29) is 12.7 Å². The van der Waals surface area contributed by atoms with Crippen LogP contribution in [0.15, 0.2) is 12.1 Å². The zero-order valence-electron chi connectivity index (χ0n) is 11.1. The number of epoxide rings is 1. The predicted molar refractivity (Wildman–Crippen MR) is 66.1 cm³/mol. The lowest BCUT2D eigenvalue weighted by molar-refractivity contribution is 0.0476. The molecule has 1 atom stereocenters. The Bertz CT molecular complexity index is 441. The predicted octanol–water partition coefficient (Wildman–Crippen LogP) is 1.27. The topological polar surface area (TPSA) is 66.5 Å². The average Bonchev–Trinajstić information content (AvgIpc) is 3.27. The van der Waals surface area contributed by atoms with Crippen molar-refractivity contribution in [2.45, 2.75) is 6.10 Å². The van der Waals surface area contributed by atoms with Gasteiger partial charge in [-0.1, -0.05) is 0 Å². The summed E-state index contributed by atoms with van der Waals surface area (Å²) in [5, 5.41) is 0. The van der Waals surface area contributed by atoms with Crippen molar-refractivity contribution in [3.05, 3.63) is 17.7 Å². The van der Waals surface area contributed by atoms with E-state index < -0.39 is 5.97 Å². The molecular formula is C13H16O6. The van der Waals surface area contributed by atoms with Crippen LogP contribution >= 0.6 is 0 Å². The normalized spacial score (nSPS) is 16.7. The van der Waals surface area contributed by atoms with Crippen LogP contribution in [0.2, 0.25) is 0 Å². The lowest BCUT2D eigenvalue weighted by atomic mass is 10.2. The van der Waals surface area contributed by atoms with Gasteiger partial charge in [0, 0.05) is 0 Å². The molecule has 0 radical (unpaired) electrons. The zero-order chi connectivity index (χ0) is 13.8. The minimum absolute atomic E-state index is 0.0333. The quantitative estimate of drug-likeness (QED) is 0.571. The van der Waals surface area contributed by atoms with Gasteiger partial charge >= 0.3 is 5.97 Å². The maximum atomic E-state index is 11.9. The molecule has 1 aliphatic heterocycles. The van der Waals surface area contributed by atoms with Crippen LogP contribution in [0.25, 0.3) is 0 Å². The molecule has 0 spiro atoms. The molecule has 2 rings (SSSR count). The summed E-state index contributed by atoms with van der Waals surface area (Å²) >= 11 is 0. The van der Waals surface area contributed by atoms with Crippen molar-refractivity contribution < 1.29 is 28.5 Å². The molecule has 0 amide bonds. The van der Waals surface area contributed by atoms with E-state index in [1.165, 1.54) is 21.3 Å². The van der Waals surface area contributed by atoms with Gasteiger partial charge < -0.3 is 23.7 Å². The smallest absolute Gasteiger partial charge is 0.338 e. The van der Waals surface area contributed by atoms with E-state index in [2.05, 4.69) is 0 Å². The van der Waals surface area contributed by atoms with E-state index in [1.54, 1.807) is 12.1 Å². The number of methoxy groups -OCH3 is 3. The maximum absolute atomic E-state index is 11.9. The maximum Gasteiger partial charge on any atom is 0.338 e. The Morgan fingerprint density at radius 2 is 1.79 bits per heavy atom. The molecule has 1 aromatic carbocycles. The lowest BCUT2D eigenvalue weighted by Gasteiger charge is -2.13. The fraction of sp³-hybridized carbons (Fsp3) is 0.462. The van der Waals surface area contributed by atoms with Crippen molar-refractivity contribution in [1.82, 2.24) is 0 Å². The molecule has 1 saturated heterocycles. The fourth-order valence-corrected chi connectivity index (χ4v) is 1.62. The van der Waals surface area contributed by atoms with Gasteiger partial charge in [-0.3, -0.25) is 0 Å². The first-order valence-electron chi connectivity index (χ1n) is 5.78. The van der Waals surface area contributed by atoms with Gasteiger partial charge in [-0.05, 0) is 12.1 Å². The molecule has 0 N–H and O–H groups in total. The molecule has 0 unspecified atom stereocenters. The van der Waals surface area contributed by atoms with E-state index in [0.29, 0.717) is 29.4 Å². The number of benzene rings is 1. The third-order valence-corrected chi connectivity index (χ3v) is 2.70. The Morgan fingerprint density at radius 3 is 2.21 bits per heavy atom. The Balaban J connectivity index is 2.21. The second-order valence-corrected chi connectivity index (χ2v) is 3.97. The van der Waals surface area contributed by atoms with Crippen LogP contribution in [-0.2, 0) is 9.47 Å². The van der Waals surface area contributed by atoms with E-state index in [0.717, 1.165) is 0 Å². The second kappa shape index (κ2) is 5.79. The Morgan fingerprint density at radius 1 is 1.21 bits per heavy atom. The van der Waals surface area contributed by atoms with Gasteiger partial charge in [0.2, 0.25) is 5.75 Å². The summed E-state index contributed by atoms with van der Waals surface area (Å²) in [6, 6.07) is 3.11. The van der Waals surface area contributed by atoms with Gasteiger partial charge in [-0.2, -0.15) is 0 Å². The number of hydrogen-bond acceptors (Lipinski definition) is 6. The van der Waals surface area contributed by atoms with Gasteiger partial charge in [-0.25, -0.2) is 4.79 Å². The lowest BCUT2D eigenvalue weighted by Crippen LogP contribution is -2.10. The summed E-state index contributed by atoms with van der Waals surface area (Å²) in [7, 11) is 4.48. The molecule has 19 heavy (non-hydrogen) atoms. The first kappa shape index (κ1) is 13.5. The number of esters is 1. The van der Waals surface area contributed by atoms with Crippen molar-refractivity contribution in [3.8, 4) is 17.2 Å².